The summed E-state index contributed by atoms with van der Waals surface area (Å²) in [5.41, 5.74) is 6.11. The van der Waals surface area contributed by atoms with Gasteiger partial charge in [-0.25, -0.2) is 0 Å². The van der Waals surface area contributed by atoms with E-state index in [1.165, 1.54) is 0 Å². The van der Waals surface area contributed by atoms with Crippen LogP contribution >= 0.6 is 15.9 Å². The summed E-state index contributed by atoms with van der Waals surface area (Å²) in [6, 6.07) is 5.57. The Kier molecular flexibility index (Phi) is 4.67. The van der Waals surface area contributed by atoms with Crippen LogP contribution in [0.25, 0.3) is 0 Å². The van der Waals surface area contributed by atoms with Crippen molar-refractivity contribution in [3.63, 3.8) is 0 Å². The first-order valence-corrected chi connectivity index (χ1v) is 7.26. The van der Waals surface area contributed by atoms with Crippen LogP contribution in [0.1, 0.15) is 24.9 Å². The monoisotopic (exact) mass is 342 g/mol. The minimum absolute atomic E-state index is 0.134. The molecule has 1 aliphatic heterocycles. The van der Waals surface area contributed by atoms with Crippen molar-refractivity contribution < 1.29 is 14.3 Å². The van der Waals surface area contributed by atoms with Gasteiger partial charge >= 0.3 is 0 Å². The number of halogens is 1. The first-order valence-electron chi connectivity index (χ1n) is 6.47. The van der Waals surface area contributed by atoms with Gasteiger partial charge < -0.3 is 20.5 Å². The average molecular weight is 343 g/mol. The molecular weight excluding hydrogens is 324 g/mol. The number of carbonyl (C=O) groups excluding carboxylic acids is 1. The Morgan fingerprint density at radius 3 is 2.90 bits per heavy atom. The molecule has 0 saturated carbocycles. The molecule has 0 bridgehead atoms. The van der Waals surface area contributed by atoms with Gasteiger partial charge in [-0.1, -0.05) is 6.07 Å². The Balaban J connectivity index is 2.06. The van der Waals surface area contributed by atoms with Crippen LogP contribution in [0.2, 0.25) is 0 Å². The highest BCUT2D eigenvalue weighted by atomic mass is 79.9. The van der Waals surface area contributed by atoms with E-state index in [0.29, 0.717) is 13.0 Å². The summed E-state index contributed by atoms with van der Waals surface area (Å²) in [5, 5.41) is 2.94. The number of rotatable bonds is 4. The molecule has 2 atom stereocenters. The van der Waals surface area contributed by atoms with Gasteiger partial charge in [-0.2, -0.15) is 0 Å². The lowest BCUT2D eigenvalue weighted by Crippen LogP contribution is -2.54. The first-order chi connectivity index (χ1) is 9.46. The van der Waals surface area contributed by atoms with Gasteiger partial charge in [0.05, 0.1) is 24.2 Å². The second kappa shape index (κ2) is 6.11. The van der Waals surface area contributed by atoms with E-state index in [1.54, 1.807) is 7.11 Å². The minimum Gasteiger partial charge on any atom is -0.496 e. The summed E-state index contributed by atoms with van der Waals surface area (Å²) in [7, 11) is 1.61. The number of carbonyl (C=O) groups is 1. The highest BCUT2D eigenvalue weighted by Gasteiger charge is 2.38. The number of hydrogen-bond donors (Lipinski definition) is 2. The van der Waals surface area contributed by atoms with Crippen LogP contribution in [-0.4, -0.2) is 31.8 Å². The molecule has 0 radical (unpaired) electrons. The van der Waals surface area contributed by atoms with Gasteiger partial charge in [-0.3, -0.25) is 4.79 Å². The highest BCUT2D eigenvalue weighted by Crippen LogP contribution is 2.28. The topological polar surface area (TPSA) is 73.6 Å². The van der Waals surface area contributed by atoms with Crippen molar-refractivity contribution in [3.05, 3.63) is 28.2 Å². The van der Waals surface area contributed by atoms with Gasteiger partial charge in [0, 0.05) is 6.61 Å². The molecule has 5 nitrogen and oxygen atoms in total. The van der Waals surface area contributed by atoms with Crippen molar-refractivity contribution in [1.29, 1.82) is 0 Å². The SMILES string of the molecule is COc1ccc(C(C)NC(=O)C2(N)CCOC2)cc1Br. The maximum absolute atomic E-state index is 12.2. The average Bonchev–Trinajstić information content (AvgIpc) is 2.87. The van der Waals surface area contributed by atoms with Crippen LogP contribution in [0, 0.1) is 0 Å². The van der Waals surface area contributed by atoms with E-state index >= 15 is 0 Å². The van der Waals surface area contributed by atoms with E-state index in [9.17, 15) is 4.79 Å². The second-order valence-corrected chi connectivity index (χ2v) is 5.90. The van der Waals surface area contributed by atoms with E-state index in [-0.39, 0.29) is 18.6 Å². The van der Waals surface area contributed by atoms with Gasteiger partial charge in [0.2, 0.25) is 5.91 Å². The molecule has 1 aromatic carbocycles. The molecule has 1 amide bonds. The normalized spacial score (nSPS) is 23.4. The summed E-state index contributed by atoms with van der Waals surface area (Å²) in [4.78, 5) is 12.2. The first kappa shape index (κ1) is 15.3. The van der Waals surface area contributed by atoms with Crippen molar-refractivity contribution in [2.24, 2.45) is 5.73 Å². The lowest BCUT2D eigenvalue weighted by atomic mass is 9.98. The fraction of sp³-hybridized carbons (Fsp3) is 0.500. The Morgan fingerprint density at radius 2 is 2.35 bits per heavy atom. The molecule has 0 spiro atoms. The molecule has 2 unspecified atom stereocenters. The highest BCUT2D eigenvalue weighted by molar-refractivity contribution is 9.10. The molecular formula is C14H19BrN2O3. The third-order valence-corrected chi connectivity index (χ3v) is 4.15. The molecule has 1 heterocycles. The number of amides is 1. The molecule has 0 aliphatic carbocycles. The van der Waals surface area contributed by atoms with Crippen LogP contribution in [0.15, 0.2) is 22.7 Å². The van der Waals surface area contributed by atoms with E-state index in [0.717, 1.165) is 15.8 Å². The maximum Gasteiger partial charge on any atom is 0.243 e. The molecule has 1 fully saturated rings. The third-order valence-electron chi connectivity index (χ3n) is 3.53. The molecule has 3 N–H and O–H groups in total. The van der Waals surface area contributed by atoms with Crippen LogP contribution < -0.4 is 15.8 Å². The van der Waals surface area contributed by atoms with Crippen molar-refractivity contribution in [1.82, 2.24) is 5.32 Å². The molecule has 110 valence electrons. The van der Waals surface area contributed by atoms with E-state index in [1.807, 2.05) is 25.1 Å². The summed E-state index contributed by atoms with van der Waals surface area (Å²) >= 11 is 3.44. The zero-order valence-electron chi connectivity index (χ0n) is 11.6. The number of benzene rings is 1. The van der Waals surface area contributed by atoms with Crippen molar-refractivity contribution in [2.45, 2.75) is 24.9 Å². The summed E-state index contributed by atoms with van der Waals surface area (Å²) < 4.78 is 11.2. The zero-order chi connectivity index (χ0) is 14.8. The van der Waals surface area contributed by atoms with E-state index in [2.05, 4.69) is 21.2 Å². The Hall–Kier alpha value is -1.11. The van der Waals surface area contributed by atoms with Crippen molar-refractivity contribution in [3.8, 4) is 5.75 Å². The number of nitrogens with one attached hydrogen (secondary N) is 1. The number of ether oxygens (including phenoxy) is 2. The predicted octanol–water partition coefficient (Wildman–Crippen LogP) is 1.75. The predicted molar refractivity (Wildman–Crippen MR) is 79.6 cm³/mol. The van der Waals surface area contributed by atoms with E-state index in [4.69, 9.17) is 15.2 Å². The molecule has 20 heavy (non-hydrogen) atoms. The lowest BCUT2D eigenvalue weighted by Gasteiger charge is -2.24. The fourth-order valence-corrected chi connectivity index (χ4v) is 2.69. The Morgan fingerprint density at radius 1 is 1.60 bits per heavy atom. The van der Waals surface area contributed by atoms with Gasteiger partial charge in [0.25, 0.3) is 0 Å². The quantitative estimate of drug-likeness (QED) is 0.874. The number of nitrogens with two attached hydrogens (primary N) is 1. The molecule has 1 aromatic rings. The number of hydrogen-bond acceptors (Lipinski definition) is 4. The molecule has 2 rings (SSSR count). The van der Waals surface area contributed by atoms with Crippen molar-refractivity contribution >= 4 is 21.8 Å². The standard InChI is InChI=1S/C14H19BrN2O3/c1-9(10-3-4-12(19-2)11(15)7-10)17-13(18)14(16)5-6-20-8-14/h3-4,7,9H,5-6,8,16H2,1-2H3,(H,17,18). The molecule has 1 saturated heterocycles. The Labute approximate surface area is 126 Å². The Bertz CT molecular complexity index is 501. The van der Waals surface area contributed by atoms with Crippen LogP contribution in [0.3, 0.4) is 0 Å². The largest absolute Gasteiger partial charge is 0.496 e. The van der Waals surface area contributed by atoms with Crippen LogP contribution in [-0.2, 0) is 9.53 Å². The van der Waals surface area contributed by atoms with Gasteiger partial charge in [0.1, 0.15) is 11.3 Å². The maximum atomic E-state index is 12.2. The van der Waals surface area contributed by atoms with Crippen LogP contribution in [0.4, 0.5) is 0 Å². The summed E-state index contributed by atoms with van der Waals surface area (Å²) in [6.45, 7) is 2.73. The third kappa shape index (κ3) is 3.13. The van der Waals surface area contributed by atoms with E-state index < -0.39 is 5.54 Å². The molecule has 0 aromatic heterocycles. The van der Waals surface area contributed by atoms with Crippen LogP contribution in [0.5, 0.6) is 5.75 Å². The van der Waals surface area contributed by atoms with Crippen molar-refractivity contribution in [2.75, 3.05) is 20.3 Å². The molecule has 6 heteroatoms. The zero-order valence-corrected chi connectivity index (χ0v) is 13.2. The second-order valence-electron chi connectivity index (χ2n) is 5.05. The summed E-state index contributed by atoms with van der Waals surface area (Å²) in [6.07, 6.45) is 0.553. The molecule has 1 aliphatic rings. The van der Waals surface area contributed by atoms with Gasteiger partial charge in [-0.05, 0) is 47.0 Å². The van der Waals surface area contributed by atoms with Gasteiger partial charge in [0.15, 0.2) is 0 Å². The smallest absolute Gasteiger partial charge is 0.243 e. The summed E-state index contributed by atoms with van der Waals surface area (Å²) in [5.74, 6) is 0.584. The lowest BCUT2D eigenvalue weighted by molar-refractivity contribution is -0.127. The van der Waals surface area contributed by atoms with Gasteiger partial charge in [-0.15, -0.1) is 0 Å². The number of methoxy groups -OCH3 is 1. The fourth-order valence-electron chi connectivity index (χ4n) is 2.14. The minimum atomic E-state index is -0.905.